The Kier molecular flexibility index (Phi) is 6.14. The van der Waals surface area contributed by atoms with E-state index >= 15 is 0 Å². The van der Waals surface area contributed by atoms with Gasteiger partial charge in [0, 0.05) is 5.69 Å². The number of hydrogen-bond acceptors (Lipinski definition) is 4. The predicted molar refractivity (Wildman–Crippen MR) is 92.2 cm³/mol. The second-order valence-corrected chi connectivity index (χ2v) is 5.01. The Balaban J connectivity index is 1.97. The Morgan fingerprint density at radius 1 is 1.17 bits per heavy atom. The molecule has 5 heteroatoms. The molecule has 0 aromatic heterocycles. The second-order valence-electron chi connectivity index (χ2n) is 5.01. The fraction of sp³-hybridized carbons (Fsp3) is 0.158. The molecule has 0 spiro atoms. The number of ether oxygens (including phenoxy) is 2. The number of esters is 1. The zero-order chi connectivity index (χ0) is 17.4. The molecular weight excluding hydrogens is 306 g/mol. The molecule has 2 rings (SSSR count). The number of amides is 1. The summed E-state index contributed by atoms with van der Waals surface area (Å²) in [5, 5.41) is 2.69. The average Bonchev–Trinajstić information content (AvgIpc) is 2.61. The number of carbonyl (C=O) groups is 2. The van der Waals surface area contributed by atoms with Crippen molar-refractivity contribution in [1.29, 1.82) is 0 Å². The number of rotatable bonds is 7. The van der Waals surface area contributed by atoms with Crippen LogP contribution in [0.2, 0.25) is 0 Å². The third-order valence-electron chi connectivity index (χ3n) is 3.26. The van der Waals surface area contributed by atoms with Gasteiger partial charge in [-0.15, -0.1) is 6.58 Å². The van der Waals surface area contributed by atoms with Crippen molar-refractivity contribution in [2.75, 3.05) is 19.0 Å². The highest BCUT2D eigenvalue weighted by Crippen LogP contribution is 2.19. The lowest BCUT2D eigenvalue weighted by molar-refractivity contribution is -0.118. The maximum absolute atomic E-state index is 12.0. The summed E-state index contributed by atoms with van der Waals surface area (Å²) in [6.45, 7) is 3.58. The van der Waals surface area contributed by atoms with Crippen molar-refractivity contribution < 1.29 is 19.1 Å². The van der Waals surface area contributed by atoms with E-state index in [-0.39, 0.29) is 12.5 Å². The minimum atomic E-state index is -0.458. The third kappa shape index (κ3) is 4.71. The van der Waals surface area contributed by atoms with Gasteiger partial charge in [-0.1, -0.05) is 30.3 Å². The quantitative estimate of drug-likeness (QED) is 0.627. The van der Waals surface area contributed by atoms with Crippen LogP contribution in [0.4, 0.5) is 5.69 Å². The first kappa shape index (κ1) is 17.3. The summed E-state index contributed by atoms with van der Waals surface area (Å²) in [7, 11) is 1.31. The zero-order valence-corrected chi connectivity index (χ0v) is 13.5. The maximum Gasteiger partial charge on any atom is 0.337 e. The number of nitrogens with one attached hydrogen (secondary N) is 1. The Bertz CT molecular complexity index is 740. The number of methoxy groups -OCH3 is 1. The van der Waals surface area contributed by atoms with E-state index in [0.29, 0.717) is 23.4 Å². The summed E-state index contributed by atoms with van der Waals surface area (Å²) in [5.41, 5.74) is 1.84. The largest absolute Gasteiger partial charge is 0.483 e. The van der Waals surface area contributed by atoms with Crippen LogP contribution in [0.1, 0.15) is 15.9 Å². The Hall–Kier alpha value is -3.08. The van der Waals surface area contributed by atoms with Crippen molar-refractivity contribution in [1.82, 2.24) is 0 Å². The van der Waals surface area contributed by atoms with Gasteiger partial charge in [0.25, 0.3) is 5.91 Å². The van der Waals surface area contributed by atoms with E-state index in [2.05, 4.69) is 16.6 Å². The maximum atomic E-state index is 12.0. The lowest BCUT2D eigenvalue weighted by Gasteiger charge is -2.11. The van der Waals surface area contributed by atoms with Gasteiger partial charge >= 0.3 is 5.97 Å². The molecule has 0 aliphatic heterocycles. The van der Waals surface area contributed by atoms with Crippen LogP contribution in [-0.4, -0.2) is 25.6 Å². The molecule has 124 valence electrons. The topological polar surface area (TPSA) is 64.6 Å². The van der Waals surface area contributed by atoms with Gasteiger partial charge in [0.05, 0.1) is 12.7 Å². The molecule has 0 saturated carbocycles. The fourth-order valence-electron chi connectivity index (χ4n) is 2.15. The highest BCUT2D eigenvalue weighted by molar-refractivity contribution is 5.95. The molecule has 0 aliphatic rings. The number of carbonyl (C=O) groups excluding carboxylic acids is 2. The first-order chi connectivity index (χ1) is 11.6. The second kappa shape index (κ2) is 8.53. The van der Waals surface area contributed by atoms with E-state index in [1.54, 1.807) is 30.3 Å². The van der Waals surface area contributed by atoms with E-state index in [4.69, 9.17) is 4.74 Å². The first-order valence-electron chi connectivity index (χ1n) is 7.44. The molecule has 0 saturated heterocycles. The standard InChI is InChI=1S/C19H19NO4/c1-3-7-14-8-4-5-11-17(14)24-13-18(21)20-16-10-6-9-15(12-16)19(22)23-2/h3-6,8-12H,1,7,13H2,2H3,(H,20,21). The van der Waals surface area contributed by atoms with E-state index in [0.717, 1.165) is 5.56 Å². The van der Waals surface area contributed by atoms with Crippen LogP contribution in [-0.2, 0) is 16.0 Å². The van der Waals surface area contributed by atoms with Crippen molar-refractivity contribution in [3.05, 3.63) is 72.3 Å². The van der Waals surface area contributed by atoms with E-state index < -0.39 is 5.97 Å². The summed E-state index contributed by atoms with van der Waals surface area (Å²) in [5.74, 6) is -0.123. The molecule has 2 aromatic rings. The fourth-order valence-corrected chi connectivity index (χ4v) is 2.15. The SMILES string of the molecule is C=CCc1ccccc1OCC(=O)Nc1cccc(C(=O)OC)c1. The molecule has 1 N–H and O–H groups in total. The molecule has 0 radical (unpaired) electrons. The van der Waals surface area contributed by atoms with Crippen LogP contribution in [0.5, 0.6) is 5.75 Å². The van der Waals surface area contributed by atoms with Gasteiger partial charge in [0.1, 0.15) is 5.75 Å². The molecule has 0 heterocycles. The first-order valence-corrected chi connectivity index (χ1v) is 7.44. The third-order valence-corrected chi connectivity index (χ3v) is 3.26. The molecule has 0 fully saturated rings. The van der Waals surface area contributed by atoms with E-state index in [1.807, 2.05) is 24.3 Å². The molecule has 5 nitrogen and oxygen atoms in total. The summed E-state index contributed by atoms with van der Waals surface area (Å²) in [4.78, 5) is 23.5. The summed E-state index contributed by atoms with van der Waals surface area (Å²) >= 11 is 0. The predicted octanol–water partition coefficient (Wildman–Crippen LogP) is 3.22. The van der Waals surface area contributed by atoms with E-state index in [1.165, 1.54) is 7.11 Å². The summed E-state index contributed by atoms with van der Waals surface area (Å²) in [6.07, 6.45) is 2.44. The molecule has 0 unspecified atom stereocenters. The Morgan fingerprint density at radius 3 is 2.71 bits per heavy atom. The Morgan fingerprint density at radius 2 is 1.96 bits per heavy atom. The van der Waals surface area contributed by atoms with Crippen molar-refractivity contribution in [3.8, 4) is 5.75 Å². The smallest absolute Gasteiger partial charge is 0.337 e. The molecular formula is C19H19NO4. The van der Waals surface area contributed by atoms with Gasteiger partial charge < -0.3 is 14.8 Å². The number of anilines is 1. The number of hydrogen-bond donors (Lipinski definition) is 1. The summed E-state index contributed by atoms with van der Waals surface area (Å²) in [6, 6.07) is 14.0. The van der Waals surface area contributed by atoms with Gasteiger partial charge in [0.2, 0.25) is 0 Å². The molecule has 0 atom stereocenters. The minimum absolute atomic E-state index is 0.128. The van der Waals surface area contributed by atoms with Crippen molar-refractivity contribution >= 4 is 17.6 Å². The Labute approximate surface area is 140 Å². The normalized spacial score (nSPS) is 9.88. The minimum Gasteiger partial charge on any atom is -0.483 e. The zero-order valence-electron chi connectivity index (χ0n) is 13.5. The van der Waals surface area contributed by atoms with Crippen molar-refractivity contribution in [2.45, 2.75) is 6.42 Å². The van der Waals surface area contributed by atoms with Gasteiger partial charge in [-0.2, -0.15) is 0 Å². The van der Waals surface area contributed by atoms with Gasteiger partial charge in [-0.05, 0) is 36.2 Å². The molecule has 2 aromatic carbocycles. The van der Waals surface area contributed by atoms with Gasteiger partial charge in [0.15, 0.2) is 6.61 Å². The number of allylic oxidation sites excluding steroid dienone is 1. The van der Waals surface area contributed by atoms with Gasteiger partial charge in [-0.3, -0.25) is 4.79 Å². The lowest BCUT2D eigenvalue weighted by Crippen LogP contribution is -2.20. The van der Waals surface area contributed by atoms with Crippen LogP contribution in [0.25, 0.3) is 0 Å². The highest BCUT2D eigenvalue weighted by Gasteiger charge is 2.09. The number of benzene rings is 2. The molecule has 1 amide bonds. The van der Waals surface area contributed by atoms with Crippen LogP contribution in [0.3, 0.4) is 0 Å². The number of para-hydroxylation sites is 1. The monoisotopic (exact) mass is 325 g/mol. The summed E-state index contributed by atoms with van der Waals surface area (Å²) < 4.78 is 10.2. The van der Waals surface area contributed by atoms with Crippen molar-refractivity contribution in [3.63, 3.8) is 0 Å². The van der Waals surface area contributed by atoms with Crippen molar-refractivity contribution in [2.24, 2.45) is 0 Å². The van der Waals surface area contributed by atoms with E-state index in [9.17, 15) is 9.59 Å². The van der Waals surface area contributed by atoms with Crippen LogP contribution in [0, 0.1) is 0 Å². The van der Waals surface area contributed by atoms with Crippen LogP contribution < -0.4 is 10.1 Å². The lowest BCUT2D eigenvalue weighted by atomic mass is 10.1. The molecule has 0 bridgehead atoms. The van der Waals surface area contributed by atoms with Crippen LogP contribution >= 0.6 is 0 Å². The van der Waals surface area contributed by atoms with Gasteiger partial charge in [-0.25, -0.2) is 4.79 Å². The molecule has 24 heavy (non-hydrogen) atoms. The van der Waals surface area contributed by atoms with Crippen LogP contribution in [0.15, 0.2) is 61.2 Å². The molecule has 0 aliphatic carbocycles. The average molecular weight is 325 g/mol. The highest BCUT2D eigenvalue weighted by atomic mass is 16.5.